The van der Waals surface area contributed by atoms with Crippen LogP contribution in [0, 0.1) is 0 Å². The summed E-state index contributed by atoms with van der Waals surface area (Å²) in [6.07, 6.45) is 2.16. The topological polar surface area (TPSA) is 66.3 Å². The van der Waals surface area contributed by atoms with Gasteiger partial charge in [0.15, 0.2) is 17.5 Å². The van der Waals surface area contributed by atoms with Crippen molar-refractivity contribution in [3.05, 3.63) is 54.1 Å². The van der Waals surface area contributed by atoms with E-state index >= 15 is 0 Å². The van der Waals surface area contributed by atoms with Crippen LogP contribution in [0.25, 0.3) is 0 Å². The SMILES string of the molecule is CCNC(=NCc1ccc(OC)c(O)c1)N1CCC(Oc2ccccc2)CC1.I. The Morgan fingerprint density at radius 2 is 1.90 bits per heavy atom. The lowest BCUT2D eigenvalue weighted by atomic mass is 10.1. The third-order valence-electron chi connectivity index (χ3n) is 4.78. The van der Waals surface area contributed by atoms with Gasteiger partial charge in [0.25, 0.3) is 0 Å². The Hall–Kier alpha value is -2.16. The first-order chi connectivity index (χ1) is 13.7. The number of aliphatic imine (C=N–C) groups is 1. The zero-order chi connectivity index (χ0) is 19.8. The number of hydrogen-bond donors (Lipinski definition) is 2. The van der Waals surface area contributed by atoms with Crippen LogP contribution in [0.2, 0.25) is 0 Å². The molecule has 6 nitrogen and oxygen atoms in total. The van der Waals surface area contributed by atoms with E-state index in [2.05, 4.69) is 17.1 Å². The second kappa shape index (κ2) is 11.7. The van der Waals surface area contributed by atoms with Gasteiger partial charge in [-0.15, -0.1) is 24.0 Å². The molecule has 0 aromatic heterocycles. The number of phenolic OH excluding ortho intramolecular Hbond substituents is 1. The molecule has 2 N–H and O–H groups in total. The largest absolute Gasteiger partial charge is 0.504 e. The molecule has 0 amide bonds. The summed E-state index contributed by atoms with van der Waals surface area (Å²) < 4.78 is 11.2. The van der Waals surface area contributed by atoms with Crippen LogP contribution < -0.4 is 14.8 Å². The van der Waals surface area contributed by atoms with E-state index in [4.69, 9.17) is 14.5 Å². The van der Waals surface area contributed by atoms with Crippen molar-refractivity contribution in [3.8, 4) is 17.2 Å². The molecule has 0 spiro atoms. The number of halogens is 1. The molecular weight excluding hydrogens is 481 g/mol. The van der Waals surface area contributed by atoms with Gasteiger partial charge in [0, 0.05) is 32.5 Å². The highest BCUT2D eigenvalue weighted by molar-refractivity contribution is 14.0. The third-order valence-corrected chi connectivity index (χ3v) is 4.78. The maximum absolute atomic E-state index is 9.95. The molecular formula is C22H30IN3O3. The van der Waals surface area contributed by atoms with Crippen molar-refractivity contribution >= 4 is 29.9 Å². The van der Waals surface area contributed by atoms with E-state index in [1.54, 1.807) is 19.2 Å². The molecule has 0 radical (unpaired) electrons. The average molecular weight is 511 g/mol. The van der Waals surface area contributed by atoms with Crippen LogP contribution in [-0.2, 0) is 6.54 Å². The van der Waals surface area contributed by atoms with Crippen LogP contribution in [-0.4, -0.2) is 48.8 Å². The van der Waals surface area contributed by atoms with Gasteiger partial charge in [-0.25, -0.2) is 4.99 Å². The second-order valence-corrected chi connectivity index (χ2v) is 6.79. The first-order valence-electron chi connectivity index (χ1n) is 9.80. The summed E-state index contributed by atoms with van der Waals surface area (Å²) in [6, 6.07) is 15.4. The molecule has 29 heavy (non-hydrogen) atoms. The van der Waals surface area contributed by atoms with E-state index in [1.807, 2.05) is 36.4 Å². The van der Waals surface area contributed by atoms with Gasteiger partial charge in [-0.2, -0.15) is 0 Å². The molecule has 158 valence electrons. The number of nitrogens with one attached hydrogen (secondary N) is 1. The minimum absolute atomic E-state index is 0. The average Bonchev–Trinajstić information content (AvgIpc) is 2.73. The van der Waals surface area contributed by atoms with Gasteiger partial charge in [-0.3, -0.25) is 0 Å². The number of aromatic hydroxyl groups is 1. The monoisotopic (exact) mass is 511 g/mol. The molecule has 3 rings (SSSR count). The summed E-state index contributed by atoms with van der Waals surface area (Å²) in [5.74, 6) is 2.44. The van der Waals surface area contributed by atoms with Crippen molar-refractivity contribution in [2.45, 2.75) is 32.4 Å². The fourth-order valence-electron chi connectivity index (χ4n) is 3.30. The van der Waals surface area contributed by atoms with E-state index in [1.165, 1.54) is 0 Å². The number of phenols is 1. The van der Waals surface area contributed by atoms with Crippen molar-refractivity contribution in [2.24, 2.45) is 4.99 Å². The highest BCUT2D eigenvalue weighted by Crippen LogP contribution is 2.26. The number of ether oxygens (including phenoxy) is 2. The Balaban J connectivity index is 0.00000300. The summed E-state index contributed by atoms with van der Waals surface area (Å²) >= 11 is 0. The molecule has 2 aromatic carbocycles. The van der Waals surface area contributed by atoms with Gasteiger partial charge in [-0.05, 0) is 36.8 Å². The lowest BCUT2D eigenvalue weighted by Crippen LogP contribution is -2.47. The smallest absolute Gasteiger partial charge is 0.194 e. The molecule has 0 aliphatic carbocycles. The normalized spacial score (nSPS) is 14.8. The first-order valence-corrected chi connectivity index (χ1v) is 9.80. The van der Waals surface area contributed by atoms with Crippen molar-refractivity contribution in [3.63, 3.8) is 0 Å². The van der Waals surface area contributed by atoms with E-state index in [-0.39, 0.29) is 35.8 Å². The predicted octanol–water partition coefficient (Wildman–Crippen LogP) is 4.03. The maximum Gasteiger partial charge on any atom is 0.194 e. The first kappa shape index (κ1) is 23.1. The maximum atomic E-state index is 9.95. The summed E-state index contributed by atoms with van der Waals surface area (Å²) in [5, 5.41) is 13.3. The number of nitrogens with zero attached hydrogens (tertiary/aromatic N) is 2. The number of guanidine groups is 1. The van der Waals surface area contributed by atoms with Crippen LogP contribution in [0.5, 0.6) is 17.2 Å². The van der Waals surface area contributed by atoms with E-state index < -0.39 is 0 Å². The molecule has 1 aliphatic rings. The molecule has 1 aliphatic heterocycles. The summed E-state index contributed by atoms with van der Waals surface area (Å²) in [7, 11) is 1.54. The molecule has 7 heteroatoms. The lowest BCUT2D eigenvalue weighted by molar-refractivity contribution is 0.129. The molecule has 0 unspecified atom stereocenters. The van der Waals surface area contributed by atoms with Gasteiger partial charge in [0.1, 0.15) is 11.9 Å². The highest BCUT2D eigenvalue weighted by Gasteiger charge is 2.22. The Labute approximate surface area is 190 Å². The van der Waals surface area contributed by atoms with E-state index in [0.29, 0.717) is 12.3 Å². The highest BCUT2D eigenvalue weighted by atomic mass is 127. The van der Waals surface area contributed by atoms with Crippen LogP contribution in [0.1, 0.15) is 25.3 Å². The van der Waals surface area contributed by atoms with Crippen molar-refractivity contribution in [1.29, 1.82) is 0 Å². The molecule has 1 fully saturated rings. The van der Waals surface area contributed by atoms with Gasteiger partial charge in [-0.1, -0.05) is 24.3 Å². The Kier molecular flexibility index (Phi) is 9.37. The fourth-order valence-corrected chi connectivity index (χ4v) is 3.30. The fraction of sp³-hybridized carbons (Fsp3) is 0.409. The van der Waals surface area contributed by atoms with Gasteiger partial charge in [0.05, 0.1) is 13.7 Å². The number of piperidine rings is 1. The molecule has 2 aromatic rings. The second-order valence-electron chi connectivity index (χ2n) is 6.79. The molecule has 1 heterocycles. The van der Waals surface area contributed by atoms with Gasteiger partial charge < -0.3 is 24.8 Å². The quantitative estimate of drug-likeness (QED) is 0.349. The molecule has 0 atom stereocenters. The zero-order valence-corrected chi connectivity index (χ0v) is 19.3. The number of benzene rings is 2. The summed E-state index contributed by atoms with van der Waals surface area (Å²) in [6.45, 7) is 5.18. The number of hydrogen-bond acceptors (Lipinski definition) is 4. The van der Waals surface area contributed by atoms with Gasteiger partial charge in [0.2, 0.25) is 0 Å². The minimum Gasteiger partial charge on any atom is -0.504 e. The summed E-state index contributed by atoms with van der Waals surface area (Å²) in [4.78, 5) is 7.03. The zero-order valence-electron chi connectivity index (χ0n) is 17.0. The Morgan fingerprint density at radius 3 is 2.52 bits per heavy atom. The van der Waals surface area contributed by atoms with Crippen LogP contribution >= 0.6 is 24.0 Å². The third kappa shape index (κ3) is 6.69. The number of methoxy groups -OCH3 is 1. The van der Waals surface area contributed by atoms with Crippen LogP contribution in [0.3, 0.4) is 0 Å². The lowest BCUT2D eigenvalue weighted by Gasteiger charge is -2.34. The molecule has 1 saturated heterocycles. The van der Waals surface area contributed by atoms with Crippen LogP contribution in [0.15, 0.2) is 53.5 Å². The van der Waals surface area contributed by atoms with Gasteiger partial charge >= 0.3 is 0 Å². The molecule has 0 saturated carbocycles. The Morgan fingerprint density at radius 1 is 1.17 bits per heavy atom. The van der Waals surface area contributed by atoms with Crippen LogP contribution in [0.4, 0.5) is 0 Å². The van der Waals surface area contributed by atoms with Crippen molar-refractivity contribution in [1.82, 2.24) is 10.2 Å². The standard InChI is InChI=1S/C22H29N3O3.HI/c1-3-23-22(24-16-17-9-10-21(27-2)20(26)15-17)25-13-11-19(12-14-25)28-18-7-5-4-6-8-18;/h4-10,15,19,26H,3,11-14,16H2,1-2H3,(H,23,24);1H. The number of likely N-dealkylation sites (tertiary alicyclic amines) is 1. The van der Waals surface area contributed by atoms with Crippen molar-refractivity contribution < 1.29 is 14.6 Å². The summed E-state index contributed by atoms with van der Waals surface area (Å²) in [5.41, 5.74) is 0.941. The number of rotatable bonds is 6. The molecule has 0 bridgehead atoms. The van der Waals surface area contributed by atoms with E-state index in [9.17, 15) is 5.11 Å². The van der Waals surface area contributed by atoms with Crippen molar-refractivity contribution in [2.75, 3.05) is 26.7 Å². The minimum atomic E-state index is 0. The number of para-hydroxylation sites is 1. The predicted molar refractivity (Wildman–Crippen MR) is 127 cm³/mol. The van der Waals surface area contributed by atoms with E-state index in [0.717, 1.165) is 49.7 Å². The Bertz CT molecular complexity index is 778.